The zero-order chi connectivity index (χ0) is 31.6. The summed E-state index contributed by atoms with van der Waals surface area (Å²) in [6.07, 6.45) is 3.40. The summed E-state index contributed by atoms with van der Waals surface area (Å²) < 4.78 is -0.304. The van der Waals surface area contributed by atoms with Gasteiger partial charge < -0.3 is 30.1 Å². The van der Waals surface area contributed by atoms with Gasteiger partial charge in [-0.2, -0.15) is 4.79 Å². The average Bonchev–Trinajstić information content (AvgIpc) is 3.21. The van der Waals surface area contributed by atoms with Crippen LogP contribution in [0.2, 0.25) is 0 Å². The second kappa shape index (κ2) is 13.1. The number of likely N-dealkylation sites (tertiary alicyclic amines) is 2. The number of anilines is 1. The van der Waals surface area contributed by atoms with E-state index in [9.17, 15) is 24.6 Å². The van der Waals surface area contributed by atoms with E-state index >= 15 is 0 Å². The maximum Gasteiger partial charge on any atom is 0.515 e. The van der Waals surface area contributed by atoms with Gasteiger partial charge in [0.1, 0.15) is 18.6 Å². The summed E-state index contributed by atoms with van der Waals surface area (Å²) in [4.78, 5) is 49.1. The van der Waals surface area contributed by atoms with Crippen LogP contribution in [-0.4, -0.2) is 130 Å². The molecule has 4 aliphatic heterocycles. The fourth-order valence-corrected chi connectivity index (χ4v) is 8.47. The summed E-state index contributed by atoms with van der Waals surface area (Å²) in [6.45, 7) is 6.54. The number of piperidine rings is 2. The molecule has 6 rings (SSSR count). The van der Waals surface area contributed by atoms with Gasteiger partial charge in [-0.25, -0.2) is 9.28 Å². The quantitative estimate of drug-likeness (QED) is 0.318. The van der Waals surface area contributed by atoms with Crippen molar-refractivity contribution in [2.24, 2.45) is 0 Å². The first-order chi connectivity index (χ1) is 21.7. The Morgan fingerprint density at radius 1 is 0.978 bits per heavy atom. The highest BCUT2D eigenvalue weighted by Crippen LogP contribution is 2.46. The van der Waals surface area contributed by atoms with Gasteiger partial charge in [-0.1, -0.05) is 18.2 Å². The Morgan fingerprint density at radius 3 is 2.38 bits per heavy atom. The van der Waals surface area contributed by atoms with Gasteiger partial charge in [-0.3, -0.25) is 9.80 Å². The molecule has 3 N–H and O–H groups in total. The first kappa shape index (κ1) is 31.5. The van der Waals surface area contributed by atoms with E-state index in [0.717, 1.165) is 62.1 Å². The summed E-state index contributed by atoms with van der Waals surface area (Å²) in [5.41, 5.74) is 1.64. The number of benzene rings is 2. The van der Waals surface area contributed by atoms with Crippen molar-refractivity contribution in [3.8, 4) is 5.75 Å². The maximum atomic E-state index is 13.7. The van der Waals surface area contributed by atoms with Crippen LogP contribution < -0.4 is 5.32 Å². The van der Waals surface area contributed by atoms with Gasteiger partial charge >= 0.3 is 12.1 Å². The Labute approximate surface area is 265 Å². The Bertz CT molecular complexity index is 1370. The van der Waals surface area contributed by atoms with E-state index in [-0.39, 0.29) is 41.8 Å². The number of aromatic hydroxyl groups is 1. The van der Waals surface area contributed by atoms with Gasteiger partial charge in [-0.05, 0) is 62.2 Å². The predicted octanol–water partition coefficient (Wildman–Crippen LogP) is 3.64. The number of hydrogen-bond acceptors (Lipinski definition) is 7. The third-order valence-corrected chi connectivity index (χ3v) is 11.1. The van der Waals surface area contributed by atoms with Crippen LogP contribution in [0.1, 0.15) is 43.2 Å². The fourth-order valence-electron chi connectivity index (χ4n) is 8.47. The van der Waals surface area contributed by atoms with E-state index in [1.807, 2.05) is 29.2 Å². The molecule has 0 aromatic heterocycles. The highest BCUT2D eigenvalue weighted by Gasteiger charge is 2.64. The van der Waals surface area contributed by atoms with Crippen molar-refractivity contribution in [1.29, 1.82) is 0 Å². The minimum atomic E-state index is -1.04. The molecule has 2 aromatic carbocycles. The van der Waals surface area contributed by atoms with Crippen molar-refractivity contribution in [1.82, 2.24) is 19.6 Å². The number of aldehydes is 1. The van der Waals surface area contributed by atoms with Gasteiger partial charge in [0.2, 0.25) is 0 Å². The smallest absolute Gasteiger partial charge is 0.508 e. The van der Waals surface area contributed by atoms with Crippen LogP contribution in [0.25, 0.3) is 0 Å². The molecule has 11 heteroatoms. The Morgan fingerprint density at radius 2 is 1.69 bits per heavy atom. The number of carbonyl (C=O) groups excluding carboxylic acids is 2. The molecule has 4 aliphatic rings. The number of carboxylic acid groups (broad SMARTS) is 1. The number of hydrogen-bond donors (Lipinski definition) is 3. The normalized spacial score (nSPS) is 29.0. The molecule has 45 heavy (non-hydrogen) atoms. The van der Waals surface area contributed by atoms with Crippen molar-refractivity contribution in [3.63, 3.8) is 0 Å². The standard InChI is InChI=1S/C34H46N6O5/c1-36-18-20-37(21-19-36)28-11-15-38(16-12-28)34(14-23-41)24-29(39-17-10-27-4-2-3-5-31(27)35-32(39)43)13-22-40(34,33(44)45)25-26-6-8-30(42)9-7-26/h2-9,23,28-29H,10-22,24-25H2,1H3,(H2-,35,42,43,44,45)/p+1/t29?,34?,40-/m0/s1. The highest BCUT2D eigenvalue weighted by molar-refractivity contribution is 5.91. The number of carbonyl (C=O) groups is 3. The number of likely N-dealkylation sites (N-methyl/N-ethyl adjacent to an activating group) is 1. The molecule has 3 fully saturated rings. The van der Waals surface area contributed by atoms with Gasteiger partial charge in [0.05, 0.1) is 13.0 Å². The number of piperazine rings is 1. The van der Waals surface area contributed by atoms with E-state index in [1.54, 1.807) is 24.3 Å². The first-order valence-electron chi connectivity index (χ1n) is 16.4. The topological polar surface area (TPSA) is 117 Å². The molecule has 0 saturated carbocycles. The molecule has 0 aliphatic carbocycles. The molecule has 242 valence electrons. The van der Waals surface area contributed by atoms with E-state index in [2.05, 4.69) is 27.1 Å². The van der Waals surface area contributed by atoms with E-state index in [0.29, 0.717) is 44.9 Å². The molecular formula is C34H47N6O5+. The Hall–Kier alpha value is -3.51. The predicted molar refractivity (Wildman–Crippen MR) is 171 cm³/mol. The molecule has 2 aromatic rings. The first-order valence-corrected chi connectivity index (χ1v) is 16.4. The molecule has 0 radical (unpaired) electrons. The number of fused-ring (bicyclic) bond motifs is 1. The number of nitrogens with zero attached hydrogens (tertiary/aromatic N) is 5. The van der Waals surface area contributed by atoms with Crippen molar-refractivity contribution in [2.45, 2.75) is 62.8 Å². The van der Waals surface area contributed by atoms with Crippen LogP contribution >= 0.6 is 0 Å². The zero-order valence-corrected chi connectivity index (χ0v) is 26.3. The Balaban J connectivity index is 1.33. The van der Waals surface area contributed by atoms with Gasteiger partial charge in [-0.15, -0.1) is 0 Å². The van der Waals surface area contributed by atoms with Crippen LogP contribution in [0.15, 0.2) is 48.5 Å². The Kier molecular flexibility index (Phi) is 9.15. The second-order valence-corrected chi connectivity index (χ2v) is 13.4. The van der Waals surface area contributed by atoms with Crippen LogP contribution in [0, 0.1) is 0 Å². The molecule has 3 amide bonds. The number of nitrogens with one attached hydrogen (secondary N) is 1. The fraction of sp³-hybridized carbons (Fsp3) is 0.559. The average molecular weight is 620 g/mol. The zero-order valence-electron chi connectivity index (χ0n) is 26.3. The van der Waals surface area contributed by atoms with Crippen molar-refractivity contribution >= 4 is 24.1 Å². The molecule has 2 unspecified atom stereocenters. The third-order valence-electron chi connectivity index (χ3n) is 11.1. The van der Waals surface area contributed by atoms with Gasteiger partial charge in [0.15, 0.2) is 5.66 Å². The van der Waals surface area contributed by atoms with E-state index in [1.165, 1.54) is 0 Å². The largest absolute Gasteiger partial charge is 0.515 e. The summed E-state index contributed by atoms with van der Waals surface area (Å²) in [7, 11) is 2.16. The molecule has 3 saturated heterocycles. The molecule has 3 atom stereocenters. The SMILES string of the molecule is CN1CCN(C2CCN(C3(CC=O)CC(N4CCc5ccccc5NC4=O)CC[N@+]3(Cc3ccc(O)cc3)C(=O)O)CC2)CC1. The summed E-state index contributed by atoms with van der Waals surface area (Å²) in [5.74, 6) is 0.123. The van der Waals surface area contributed by atoms with Crippen molar-refractivity contribution in [3.05, 3.63) is 59.7 Å². The molecule has 0 spiro atoms. The van der Waals surface area contributed by atoms with Crippen LogP contribution in [-0.2, 0) is 17.8 Å². The number of phenols is 1. The third kappa shape index (κ3) is 6.06. The number of rotatable bonds is 7. The summed E-state index contributed by atoms with van der Waals surface area (Å²) >= 11 is 0. The molecular weight excluding hydrogens is 572 g/mol. The lowest BCUT2D eigenvalue weighted by Gasteiger charge is -2.59. The number of phenolic OH excluding ortho intramolecular Hbond substituents is 1. The second-order valence-electron chi connectivity index (χ2n) is 13.4. The van der Waals surface area contributed by atoms with Crippen LogP contribution in [0.3, 0.4) is 0 Å². The molecule has 0 bridgehead atoms. The highest BCUT2D eigenvalue weighted by atomic mass is 16.4. The van der Waals surface area contributed by atoms with E-state index in [4.69, 9.17) is 0 Å². The van der Waals surface area contributed by atoms with Gasteiger partial charge in [0, 0.05) is 82.0 Å². The molecule has 4 heterocycles. The lowest BCUT2D eigenvalue weighted by molar-refractivity contribution is -0.942. The number of urea groups is 1. The number of quaternary nitrogens is 1. The number of para-hydroxylation sites is 1. The van der Waals surface area contributed by atoms with Crippen molar-refractivity contribution < 1.29 is 29.1 Å². The maximum absolute atomic E-state index is 13.7. The summed E-state index contributed by atoms with van der Waals surface area (Å²) in [6, 6.07) is 14.6. The lowest BCUT2D eigenvalue weighted by atomic mass is 9.81. The van der Waals surface area contributed by atoms with Gasteiger partial charge in [0.25, 0.3) is 0 Å². The monoisotopic (exact) mass is 619 g/mol. The van der Waals surface area contributed by atoms with E-state index < -0.39 is 11.8 Å². The van der Waals surface area contributed by atoms with Crippen LogP contribution in [0.5, 0.6) is 5.75 Å². The number of amides is 3. The van der Waals surface area contributed by atoms with Crippen LogP contribution in [0.4, 0.5) is 15.3 Å². The molecule has 11 nitrogen and oxygen atoms in total. The lowest BCUT2D eigenvalue weighted by Crippen LogP contribution is -2.78. The minimum Gasteiger partial charge on any atom is -0.508 e. The van der Waals surface area contributed by atoms with Crippen molar-refractivity contribution in [2.75, 3.05) is 64.7 Å². The minimum absolute atomic E-state index is 0.0583. The summed E-state index contributed by atoms with van der Waals surface area (Å²) in [5, 5.41) is 24.2.